The smallest absolute Gasteiger partial charge is 0.258 e. The predicted molar refractivity (Wildman–Crippen MR) is 148 cm³/mol. The Bertz CT molecular complexity index is 953. The van der Waals surface area contributed by atoms with E-state index in [-0.39, 0.29) is 17.9 Å². The Kier molecular flexibility index (Phi) is 8.36. The number of amides is 2. The van der Waals surface area contributed by atoms with E-state index in [1.54, 1.807) is 10.9 Å². The van der Waals surface area contributed by atoms with E-state index < -0.39 is 5.41 Å². The lowest BCUT2D eigenvalue weighted by Gasteiger charge is -2.54. The lowest BCUT2D eigenvalue weighted by atomic mass is 9.54. The van der Waals surface area contributed by atoms with Crippen molar-refractivity contribution in [3.05, 3.63) is 11.8 Å². The molecule has 8 nitrogen and oxygen atoms in total. The number of carbonyl (C=O) groups excluding carboxylic acids is 2. The van der Waals surface area contributed by atoms with Crippen LogP contribution in [0.15, 0.2) is 6.20 Å². The van der Waals surface area contributed by atoms with E-state index in [2.05, 4.69) is 34.9 Å². The largest absolute Gasteiger partial charge is 0.477 e. The fraction of sp³-hybridized carbons (Fsp3) is 0.833. The molecule has 3 N–H and O–H groups in total. The van der Waals surface area contributed by atoms with E-state index in [4.69, 9.17) is 4.74 Å². The monoisotopic (exact) mass is 527 g/mol. The number of aromatic nitrogens is 2. The Balaban J connectivity index is 1.22. The second-order valence-electron chi connectivity index (χ2n) is 13.8. The van der Waals surface area contributed by atoms with Gasteiger partial charge in [-0.05, 0) is 100.0 Å². The van der Waals surface area contributed by atoms with Gasteiger partial charge in [-0.2, -0.15) is 5.10 Å². The number of piperidine rings is 1. The van der Waals surface area contributed by atoms with Gasteiger partial charge in [-0.25, -0.2) is 4.68 Å². The molecule has 0 unspecified atom stereocenters. The Hall–Kier alpha value is -2.09. The average molecular weight is 528 g/mol. The maximum Gasteiger partial charge on any atom is 0.258 e. The second kappa shape index (κ2) is 11.6. The first-order valence-electron chi connectivity index (χ1n) is 15.2. The maximum absolute atomic E-state index is 13.5. The zero-order valence-corrected chi connectivity index (χ0v) is 23.9. The quantitative estimate of drug-likeness (QED) is 0.404. The molecule has 0 spiro atoms. The molecular weight excluding hydrogens is 478 g/mol. The van der Waals surface area contributed by atoms with Crippen LogP contribution in [0, 0.1) is 40.9 Å². The number of aryl methyl sites for hydroxylation is 1. The lowest BCUT2D eigenvalue weighted by Crippen LogP contribution is -2.55. The number of nitrogens with zero attached hydrogens (tertiary/aromatic N) is 2. The minimum absolute atomic E-state index is 0.0635. The van der Waals surface area contributed by atoms with Crippen molar-refractivity contribution in [1.82, 2.24) is 25.7 Å². The van der Waals surface area contributed by atoms with E-state index in [9.17, 15) is 9.59 Å². The highest BCUT2D eigenvalue weighted by Gasteiger charge is 2.48. The van der Waals surface area contributed by atoms with Crippen molar-refractivity contribution in [2.45, 2.75) is 91.6 Å². The zero-order valence-electron chi connectivity index (χ0n) is 23.9. The van der Waals surface area contributed by atoms with Crippen LogP contribution in [0.4, 0.5) is 0 Å². The molecule has 4 aliphatic carbocycles. The van der Waals surface area contributed by atoms with E-state index >= 15 is 0 Å². The van der Waals surface area contributed by atoms with Gasteiger partial charge in [0.05, 0.1) is 12.8 Å². The zero-order chi connectivity index (χ0) is 26.9. The van der Waals surface area contributed by atoms with Crippen molar-refractivity contribution >= 4 is 11.8 Å². The maximum atomic E-state index is 13.5. The molecule has 1 saturated heterocycles. The summed E-state index contributed by atoms with van der Waals surface area (Å²) in [5, 5.41) is 14.6. The highest BCUT2D eigenvalue weighted by molar-refractivity contribution is 5.96. The van der Waals surface area contributed by atoms with Crippen molar-refractivity contribution in [3.63, 3.8) is 0 Å². The Labute approximate surface area is 228 Å². The molecule has 0 atom stereocenters. The van der Waals surface area contributed by atoms with Gasteiger partial charge in [0, 0.05) is 24.5 Å². The molecule has 4 saturated carbocycles. The minimum Gasteiger partial charge on any atom is -0.477 e. The summed E-state index contributed by atoms with van der Waals surface area (Å²) >= 11 is 0. The van der Waals surface area contributed by atoms with Crippen LogP contribution < -0.4 is 20.7 Å². The van der Waals surface area contributed by atoms with Gasteiger partial charge in [-0.1, -0.05) is 27.7 Å². The van der Waals surface area contributed by atoms with E-state index in [1.165, 1.54) is 32.1 Å². The molecule has 6 rings (SSSR count). The molecule has 1 aromatic rings. The molecule has 2 amide bonds. The number of nitrogens with one attached hydrogen (secondary N) is 3. The first kappa shape index (κ1) is 27.5. The van der Waals surface area contributed by atoms with Crippen molar-refractivity contribution in [3.8, 4) is 5.88 Å². The molecular formula is C30H49N5O3. The Morgan fingerprint density at radius 1 is 1.11 bits per heavy atom. The number of hydrogen-bond acceptors (Lipinski definition) is 5. The third-order valence-electron chi connectivity index (χ3n) is 9.69. The highest BCUT2D eigenvalue weighted by atomic mass is 16.5. The molecule has 8 heteroatoms. The van der Waals surface area contributed by atoms with Crippen molar-refractivity contribution in [2.24, 2.45) is 40.9 Å². The van der Waals surface area contributed by atoms with Crippen LogP contribution in [-0.4, -0.2) is 53.9 Å². The average Bonchev–Trinajstić information content (AvgIpc) is 3.30. The Morgan fingerprint density at radius 2 is 1.76 bits per heavy atom. The van der Waals surface area contributed by atoms with Gasteiger partial charge in [0.2, 0.25) is 11.8 Å². The number of rotatable bonds is 11. The summed E-state index contributed by atoms with van der Waals surface area (Å²) < 4.78 is 7.97. The van der Waals surface area contributed by atoms with Crippen LogP contribution in [0.3, 0.4) is 0 Å². The van der Waals surface area contributed by atoms with Crippen LogP contribution in [0.5, 0.6) is 5.88 Å². The van der Waals surface area contributed by atoms with Gasteiger partial charge in [0.15, 0.2) is 0 Å². The SMILES string of the molecule is CC(C)COc1c(C(=O)NC2C3CC4CC(C3)CC2C4)cnn1CCC(C)(C)C(=O)NCC1CCNCC1. The summed E-state index contributed by atoms with van der Waals surface area (Å²) in [5.41, 5.74) is -0.0237. The third-order valence-corrected chi connectivity index (χ3v) is 9.69. The fourth-order valence-corrected chi connectivity index (χ4v) is 7.54. The molecule has 212 valence electrons. The normalized spacial score (nSPS) is 29.0. The van der Waals surface area contributed by atoms with Crippen LogP contribution in [-0.2, 0) is 11.3 Å². The summed E-state index contributed by atoms with van der Waals surface area (Å²) in [6, 6.07) is 0.277. The standard InChI is InChI=1S/C30H49N5O3/c1-19(2)18-38-28-25(27(36)34-26-23-12-21-11-22(14-23)15-24(26)13-21)17-33-35(28)10-7-30(3,4)29(37)32-16-20-5-8-31-9-6-20/h17,19-24,26,31H,5-16,18H2,1-4H3,(H,32,37)(H,34,36). The molecule has 4 bridgehead atoms. The molecule has 2 heterocycles. The van der Waals surface area contributed by atoms with Gasteiger partial charge in [0.25, 0.3) is 5.91 Å². The number of ether oxygens (including phenoxy) is 1. The molecule has 5 aliphatic rings. The van der Waals surface area contributed by atoms with Gasteiger partial charge >= 0.3 is 0 Å². The number of carbonyl (C=O) groups is 2. The topological polar surface area (TPSA) is 97.3 Å². The summed E-state index contributed by atoms with van der Waals surface area (Å²) in [6.45, 7) is 12.0. The molecule has 1 aliphatic heterocycles. The Morgan fingerprint density at radius 3 is 2.39 bits per heavy atom. The highest BCUT2D eigenvalue weighted by Crippen LogP contribution is 2.53. The third kappa shape index (κ3) is 6.21. The van der Waals surface area contributed by atoms with Crippen LogP contribution in [0.25, 0.3) is 0 Å². The second-order valence-corrected chi connectivity index (χ2v) is 13.8. The van der Waals surface area contributed by atoms with Crippen molar-refractivity contribution in [1.29, 1.82) is 0 Å². The van der Waals surface area contributed by atoms with Gasteiger partial charge < -0.3 is 20.7 Å². The van der Waals surface area contributed by atoms with E-state index in [1.807, 2.05) is 13.8 Å². The van der Waals surface area contributed by atoms with E-state index in [0.717, 1.165) is 44.3 Å². The first-order valence-corrected chi connectivity index (χ1v) is 15.2. The molecule has 38 heavy (non-hydrogen) atoms. The summed E-state index contributed by atoms with van der Waals surface area (Å²) in [5.74, 6) is 4.41. The van der Waals surface area contributed by atoms with Crippen LogP contribution in [0.1, 0.15) is 89.4 Å². The van der Waals surface area contributed by atoms with Gasteiger partial charge in [-0.3, -0.25) is 9.59 Å². The number of hydrogen-bond donors (Lipinski definition) is 3. The van der Waals surface area contributed by atoms with Gasteiger partial charge in [0.1, 0.15) is 5.56 Å². The van der Waals surface area contributed by atoms with Crippen molar-refractivity contribution in [2.75, 3.05) is 26.2 Å². The molecule has 1 aromatic heterocycles. The summed E-state index contributed by atoms with van der Waals surface area (Å²) in [6.07, 6.45) is 11.0. The molecule has 0 aromatic carbocycles. The fourth-order valence-electron chi connectivity index (χ4n) is 7.54. The lowest BCUT2D eigenvalue weighted by molar-refractivity contribution is -0.130. The van der Waals surface area contributed by atoms with Crippen LogP contribution >= 0.6 is 0 Å². The van der Waals surface area contributed by atoms with E-state index in [0.29, 0.717) is 54.7 Å². The van der Waals surface area contributed by atoms with Gasteiger partial charge in [-0.15, -0.1) is 0 Å². The van der Waals surface area contributed by atoms with Crippen molar-refractivity contribution < 1.29 is 14.3 Å². The first-order chi connectivity index (χ1) is 18.2. The minimum atomic E-state index is -0.545. The predicted octanol–water partition coefficient (Wildman–Crippen LogP) is 4.00. The molecule has 5 fully saturated rings. The molecule has 0 radical (unpaired) electrons. The summed E-state index contributed by atoms with van der Waals surface area (Å²) in [4.78, 5) is 26.6. The summed E-state index contributed by atoms with van der Waals surface area (Å²) in [7, 11) is 0. The van der Waals surface area contributed by atoms with Crippen LogP contribution in [0.2, 0.25) is 0 Å².